The van der Waals surface area contributed by atoms with Gasteiger partial charge in [-0.1, -0.05) is 6.07 Å². The predicted molar refractivity (Wildman–Crippen MR) is 106 cm³/mol. The Labute approximate surface area is 162 Å². The van der Waals surface area contributed by atoms with Gasteiger partial charge in [0.25, 0.3) is 0 Å². The lowest BCUT2D eigenvalue weighted by Gasteiger charge is -2.08. The predicted octanol–water partition coefficient (Wildman–Crippen LogP) is 4.80. The highest BCUT2D eigenvalue weighted by atomic mass is 32.1. The van der Waals surface area contributed by atoms with Crippen molar-refractivity contribution >= 4 is 17.3 Å². The second-order valence-corrected chi connectivity index (χ2v) is 6.95. The Kier molecular flexibility index (Phi) is 5.76. The highest BCUT2D eigenvalue weighted by Gasteiger charge is 2.12. The maximum absolute atomic E-state index is 12.2. The smallest absolute Gasteiger partial charge is 0.338 e. The first-order valence-corrected chi connectivity index (χ1v) is 9.31. The standard InChI is InChI=1S/C21H21NO4S/c1-13-5-6-16(9-14(13)2)21(23)26-11-17-12-27-20(22-17)15-7-8-18(24-3)19(10-15)25-4/h5-10,12H,11H2,1-4H3. The number of hydrogen-bond donors (Lipinski definition) is 0. The van der Waals surface area contributed by atoms with Crippen LogP contribution in [-0.2, 0) is 11.3 Å². The molecule has 5 nitrogen and oxygen atoms in total. The van der Waals surface area contributed by atoms with Crippen LogP contribution in [0.4, 0.5) is 0 Å². The van der Waals surface area contributed by atoms with Crippen molar-refractivity contribution in [2.24, 2.45) is 0 Å². The van der Waals surface area contributed by atoms with E-state index in [1.165, 1.54) is 11.3 Å². The summed E-state index contributed by atoms with van der Waals surface area (Å²) in [4.78, 5) is 16.8. The van der Waals surface area contributed by atoms with E-state index < -0.39 is 0 Å². The van der Waals surface area contributed by atoms with Crippen LogP contribution in [0, 0.1) is 13.8 Å². The molecule has 1 aromatic heterocycles. The molecule has 0 saturated carbocycles. The van der Waals surface area contributed by atoms with Crippen LogP contribution in [0.3, 0.4) is 0 Å². The Morgan fingerprint density at radius 2 is 1.78 bits per heavy atom. The van der Waals surface area contributed by atoms with Gasteiger partial charge in [-0.05, 0) is 55.3 Å². The first-order valence-electron chi connectivity index (χ1n) is 8.43. The number of rotatable bonds is 6. The molecular weight excluding hydrogens is 362 g/mol. The van der Waals surface area contributed by atoms with Gasteiger partial charge in [0.2, 0.25) is 0 Å². The summed E-state index contributed by atoms with van der Waals surface area (Å²) >= 11 is 1.49. The molecule has 3 rings (SSSR count). The minimum absolute atomic E-state index is 0.134. The van der Waals surface area contributed by atoms with Gasteiger partial charge in [0, 0.05) is 10.9 Å². The number of carbonyl (C=O) groups excluding carboxylic acids is 1. The summed E-state index contributed by atoms with van der Waals surface area (Å²) in [5.74, 6) is 0.965. The lowest BCUT2D eigenvalue weighted by molar-refractivity contribution is 0.0468. The van der Waals surface area contributed by atoms with E-state index in [0.29, 0.717) is 22.8 Å². The Bertz CT molecular complexity index is 965. The molecule has 0 unspecified atom stereocenters. The SMILES string of the molecule is COc1ccc(-c2nc(COC(=O)c3ccc(C)c(C)c3)cs2)cc1OC. The number of thiazole rings is 1. The first kappa shape index (κ1) is 18.9. The Morgan fingerprint density at radius 1 is 1.00 bits per heavy atom. The molecule has 0 aliphatic heterocycles. The molecule has 1 heterocycles. The van der Waals surface area contributed by atoms with E-state index in [1.807, 2.05) is 49.6 Å². The first-order chi connectivity index (χ1) is 13.0. The highest BCUT2D eigenvalue weighted by molar-refractivity contribution is 7.13. The lowest BCUT2D eigenvalue weighted by Crippen LogP contribution is -2.06. The number of hydrogen-bond acceptors (Lipinski definition) is 6. The quantitative estimate of drug-likeness (QED) is 0.572. The van der Waals surface area contributed by atoms with Crippen molar-refractivity contribution in [2.75, 3.05) is 14.2 Å². The summed E-state index contributed by atoms with van der Waals surface area (Å²) < 4.78 is 16.0. The van der Waals surface area contributed by atoms with Gasteiger partial charge >= 0.3 is 5.97 Å². The number of carbonyl (C=O) groups is 1. The Balaban J connectivity index is 1.69. The molecule has 6 heteroatoms. The zero-order valence-corrected chi connectivity index (χ0v) is 16.6. The van der Waals surface area contributed by atoms with Crippen molar-refractivity contribution in [3.8, 4) is 22.1 Å². The second kappa shape index (κ2) is 8.22. The number of aryl methyl sites for hydroxylation is 2. The van der Waals surface area contributed by atoms with E-state index in [-0.39, 0.29) is 12.6 Å². The van der Waals surface area contributed by atoms with Crippen LogP contribution in [0.25, 0.3) is 10.6 Å². The van der Waals surface area contributed by atoms with Gasteiger partial charge in [-0.2, -0.15) is 0 Å². The summed E-state index contributed by atoms with van der Waals surface area (Å²) in [6.45, 7) is 4.12. The number of benzene rings is 2. The molecule has 0 bridgehead atoms. The molecule has 2 aromatic carbocycles. The van der Waals surface area contributed by atoms with Crippen LogP contribution in [0.1, 0.15) is 27.2 Å². The molecule has 140 valence electrons. The van der Waals surface area contributed by atoms with E-state index in [4.69, 9.17) is 14.2 Å². The van der Waals surface area contributed by atoms with Gasteiger partial charge in [0.05, 0.1) is 25.5 Å². The van der Waals surface area contributed by atoms with Gasteiger partial charge in [-0.15, -0.1) is 11.3 Å². The third-order valence-corrected chi connectivity index (χ3v) is 5.22. The summed E-state index contributed by atoms with van der Waals surface area (Å²) in [6, 6.07) is 11.2. The van der Waals surface area contributed by atoms with Crippen LogP contribution in [-0.4, -0.2) is 25.2 Å². The summed E-state index contributed by atoms with van der Waals surface area (Å²) in [7, 11) is 3.20. The minimum atomic E-state index is -0.348. The van der Waals surface area contributed by atoms with E-state index in [0.717, 1.165) is 21.7 Å². The number of nitrogens with zero attached hydrogens (tertiary/aromatic N) is 1. The van der Waals surface area contributed by atoms with Crippen molar-refractivity contribution in [1.29, 1.82) is 0 Å². The number of ether oxygens (including phenoxy) is 3. The second-order valence-electron chi connectivity index (χ2n) is 6.09. The minimum Gasteiger partial charge on any atom is -0.493 e. The lowest BCUT2D eigenvalue weighted by atomic mass is 10.1. The fourth-order valence-corrected chi connectivity index (χ4v) is 3.37. The van der Waals surface area contributed by atoms with Crippen LogP contribution in [0.2, 0.25) is 0 Å². The third kappa shape index (κ3) is 4.28. The van der Waals surface area contributed by atoms with Crippen molar-refractivity contribution in [1.82, 2.24) is 4.98 Å². The average molecular weight is 383 g/mol. The van der Waals surface area contributed by atoms with Crippen molar-refractivity contribution in [3.63, 3.8) is 0 Å². The van der Waals surface area contributed by atoms with Gasteiger partial charge in [-0.3, -0.25) is 0 Å². The van der Waals surface area contributed by atoms with Gasteiger partial charge in [-0.25, -0.2) is 9.78 Å². The molecule has 0 N–H and O–H groups in total. The van der Waals surface area contributed by atoms with E-state index in [9.17, 15) is 4.79 Å². The largest absolute Gasteiger partial charge is 0.493 e. The normalized spacial score (nSPS) is 10.5. The van der Waals surface area contributed by atoms with Gasteiger partial charge < -0.3 is 14.2 Å². The van der Waals surface area contributed by atoms with Crippen LogP contribution in [0.15, 0.2) is 41.8 Å². The van der Waals surface area contributed by atoms with E-state index in [2.05, 4.69) is 4.98 Å². The fourth-order valence-electron chi connectivity index (χ4n) is 2.57. The van der Waals surface area contributed by atoms with Crippen molar-refractivity contribution in [3.05, 3.63) is 64.2 Å². The van der Waals surface area contributed by atoms with Crippen LogP contribution in [0.5, 0.6) is 11.5 Å². The molecule has 0 aliphatic rings. The summed E-state index contributed by atoms with van der Waals surface area (Å²) in [5.41, 5.74) is 4.39. The van der Waals surface area contributed by atoms with Gasteiger partial charge in [0.15, 0.2) is 11.5 Å². The van der Waals surface area contributed by atoms with Crippen molar-refractivity contribution < 1.29 is 19.0 Å². The fraction of sp³-hybridized carbons (Fsp3) is 0.238. The zero-order chi connectivity index (χ0) is 19.4. The van der Waals surface area contributed by atoms with Crippen LogP contribution >= 0.6 is 11.3 Å². The molecule has 0 amide bonds. The number of esters is 1. The molecule has 0 spiro atoms. The molecule has 3 aromatic rings. The monoisotopic (exact) mass is 383 g/mol. The van der Waals surface area contributed by atoms with Gasteiger partial charge in [0.1, 0.15) is 11.6 Å². The van der Waals surface area contributed by atoms with E-state index in [1.54, 1.807) is 20.3 Å². The number of methoxy groups -OCH3 is 2. The average Bonchev–Trinajstić information content (AvgIpc) is 3.16. The Morgan fingerprint density at radius 3 is 2.48 bits per heavy atom. The van der Waals surface area contributed by atoms with E-state index >= 15 is 0 Å². The maximum Gasteiger partial charge on any atom is 0.338 e. The van der Waals surface area contributed by atoms with Crippen LogP contribution < -0.4 is 9.47 Å². The number of aromatic nitrogens is 1. The molecular formula is C21H21NO4S. The van der Waals surface area contributed by atoms with Crippen molar-refractivity contribution in [2.45, 2.75) is 20.5 Å². The summed E-state index contributed by atoms with van der Waals surface area (Å²) in [6.07, 6.45) is 0. The molecule has 27 heavy (non-hydrogen) atoms. The Hall–Kier alpha value is -2.86. The third-order valence-electron chi connectivity index (χ3n) is 4.28. The maximum atomic E-state index is 12.2. The molecule has 0 atom stereocenters. The summed E-state index contributed by atoms with van der Waals surface area (Å²) in [5, 5.41) is 2.72. The molecule has 0 saturated heterocycles. The highest BCUT2D eigenvalue weighted by Crippen LogP contribution is 2.33. The molecule has 0 radical (unpaired) electrons. The molecule has 0 aliphatic carbocycles. The molecule has 0 fully saturated rings. The zero-order valence-electron chi connectivity index (χ0n) is 15.7. The topological polar surface area (TPSA) is 57.7 Å².